The average molecular weight is 394 g/mol. The van der Waals surface area contributed by atoms with E-state index in [1.807, 2.05) is 0 Å². The Kier molecular flexibility index (Phi) is 10.2. The van der Waals surface area contributed by atoms with Gasteiger partial charge in [-0.2, -0.15) is 0 Å². The molecule has 1 fully saturated rings. The molecule has 1 rings (SSSR count). The topological polar surface area (TPSA) is 66.0 Å². The number of hydrogen-bond donors (Lipinski definition) is 2. The zero-order valence-corrected chi connectivity index (χ0v) is 14.3. The van der Waals surface area contributed by atoms with Crippen LogP contribution in [0.5, 0.6) is 0 Å². The van der Waals surface area contributed by atoms with Crippen LogP contribution in [0.25, 0.3) is 0 Å². The van der Waals surface area contributed by atoms with Gasteiger partial charge in [-0.3, -0.25) is 4.79 Å². The van der Waals surface area contributed by atoms with Crippen molar-refractivity contribution in [2.24, 2.45) is 4.99 Å². The molecule has 0 aliphatic carbocycles. The number of rotatable bonds is 5. The minimum atomic E-state index is -0.0566. The Labute approximate surface area is 137 Å². The molecule has 114 valence electrons. The second-order valence-electron chi connectivity index (χ2n) is 4.53. The van der Waals surface area contributed by atoms with Gasteiger partial charge in [0, 0.05) is 27.2 Å². The number of guanidine groups is 1. The molecule has 0 aromatic rings. The van der Waals surface area contributed by atoms with Gasteiger partial charge in [0.1, 0.15) is 6.54 Å². The minimum absolute atomic E-state index is 0. The van der Waals surface area contributed by atoms with Crippen LogP contribution < -0.4 is 10.6 Å². The van der Waals surface area contributed by atoms with Crippen molar-refractivity contribution in [2.75, 3.05) is 40.3 Å². The Morgan fingerprint density at radius 1 is 1.50 bits per heavy atom. The molecule has 1 amide bonds. The molecule has 1 unspecified atom stereocenters. The summed E-state index contributed by atoms with van der Waals surface area (Å²) in [6.07, 6.45) is 7.56. The molecule has 6 nitrogen and oxygen atoms in total. The highest BCUT2D eigenvalue weighted by Gasteiger charge is 2.15. The van der Waals surface area contributed by atoms with Crippen molar-refractivity contribution < 1.29 is 9.53 Å². The number of nitrogens with zero attached hydrogens (tertiary/aromatic N) is 2. The molecule has 0 aromatic heterocycles. The van der Waals surface area contributed by atoms with Crippen LogP contribution in [-0.4, -0.2) is 63.2 Å². The summed E-state index contributed by atoms with van der Waals surface area (Å²) in [5.41, 5.74) is 0. The molecule has 1 heterocycles. The number of aliphatic imine (C=N–C) groups is 1. The minimum Gasteiger partial charge on any atom is -0.376 e. The largest absolute Gasteiger partial charge is 0.376 e. The van der Waals surface area contributed by atoms with E-state index in [-0.39, 0.29) is 42.5 Å². The molecular weight excluding hydrogens is 371 g/mol. The fourth-order valence-electron chi connectivity index (χ4n) is 1.61. The molecule has 20 heavy (non-hydrogen) atoms. The third-order valence-electron chi connectivity index (χ3n) is 2.75. The summed E-state index contributed by atoms with van der Waals surface area (Å²) in [6, 6.07) is 0. The van der Waals surface area contributed by atoms with Crippen LogP contribution in [0, 0.1) is 12.3 Å². The highest BCUT2D eigenvalue weighted by atomic mass is 127. The van der Waals surface area contributed by atoms with Gasteiger partial charge in [0.15, 0.2) is 5.96 Å². The van der Waals surface area contributed by atoms with Crippen LogP contribution in [0.15, 0.2) is 4.99 Å². The number of ether oxygens (including phenoxy) is 1. The predicted octanol–water partition coefficient (Wildman–Crippen LogP) is 0.0400. The van der Waals surface area contributed by atoms with Gasteiger partial charge < -0.3 is 20.3 Å². The third-order valence-corrected chi connectivity index (χ3v) is 2.75. The number of hydrogen-bond acceptors (Lipinski definition) is 3. The first kappa shape index (κ1) is 19.0. The van der Waals surface area contributed by atoms with Crippen molar-refractivity contribution in [1.82, 2.24) is 15.5 Å². The van der Waals surface area contributed by atoms with Gasteiger partial charge in [-0.1, -0.05) is 5.92 Å². The predicted molar refractivity (Wildman–Crippen MR) is 90.2 cm³/mol. The summed E-state index contributed by atoms with van der Waals surface area (Å²) < 4.78 is 5.51. The summed E-state index contributed by atoms with van der Waals surface area (Å²) in [4.78, 5) is 17.2. The van der Waals surface area contributed by atoms with Gasteiger partial charge in [-0.05, 0) is 12.8 Å². The fourth-order valence-corrected chi connectivity index (χ4v) is 1.61. The zero-order valence-electron chi connectivity index (χ0n) is 12.0. The zero-order chi connectivity index (χ0) is 14.1. The van der Waals surface area contributed by atoms with Crippen molar-refractivity contribution in [3.63, 3.8) is 0 Å². The van der Waals surface area contributed by atoms with Gasteiger partial charge in [0.2, 0.25) is 5.91 Å². The number of nitrogens with one attached hydrogen (secondary N) is 2. The van der Waals surface area contributed by atoms with E-state index in [1.165, 1.54) is 4.90 Å². The van der Waals surface area contributed by atoms with E-state index >= 15 is 0 Å². The number of terminal acetylenes is 1. The standard InChI is InChI=1S/C13H22N4O2.HI/c1-4-7-14-13(16-10-12(18)17(2)3)15-9-11-6-5-8-19-11;/h1,11H,5-10H2,2-3H3,(H2,14,15,16);1H. The summed E-state index contributed by atoms with van der Waals surface area (Å²) in [5, 5.41) is 6.10. The first-order chi connectivity index (χ1) is 9.13. The molecule has 7 heteroatoms. The van der Waals surface area contributed by atoms with Crippen LogP contribution in [0.2, 0.25) is 0 Å². The molecule has 0 bridgehead atoms. The van der Waals surface area contributed by atoms with Gasteiger partial charge in [-0.15, -0.1) is 30.4 Å². The Hall–Kier alpha value is -1.01. The van der Waals surface area contributed by atoms with Crippen LogP contribution in [0.4, 0.5) is 0 Å². The van der Waals surface area contributed by atoms with Crippen molar-refractivity contribution >= 4 is 35.8 Å². The lowest BCUT2D eigenvalue weighted by molar-refractivity contribution is -0.127. The van der Waals surface area contributed by atoms with Crippen molar-refractivity contribution in [2.45, 2.75) is 18.9 Å². The highest BCUT2D eigenvalue weighted by Crippen LogP contribution is 2.10. The van der Waals surface area contributed by atoms with Gasteiger partial charge in [0.25, 0.3) is 0 Å². The Balaban J connectivity index is 0.00000361. The lowest BCUT2D eigenvalue weighted by Crippen LogP contribution is -2.42. The lowest BCUT2D eigenvalue weighted by Gasteiger charge is -2.15. The van der Waals surface area contributed by atoms with Gasteiger partial charge in [0.05, 0.1) is 12.6 Å². The summed E-state index contributed by atoms with van der Waals surface area (Å²) in [7, 11) is 3.40. The van der Waals surface area contributed by atoms with E-state index < -0.39 is 0 Å². The van der Waals surface area contributed by atoms with Crippen LogP contribution in [0.3, 0.4) is 0 Å². The molecule has 2 N–H and O–H groups in total. The fraction of sp³-hybridized carbons (Fsp3) is 0.692. The number of amides is 1. The van der Waals surface area contributed by atoms with Crippen molar-refractivity contribution in [1.29, 1.82) is 0 Å². The van der Waals surface area contributed by atoms with Crippen molar-refractivity contribution in [3.05, 3.63) is 0 Å². The maximum atomic E-state index is 11.5. The maximum absolute atomic E-state index is 11.5. The molecule has 0 saturated carbocycles. The molecule has 1 atom stereocenters. The average Bonchev–Trinajstić information content (AvgIpc) is 2.90. The van der Waals surface area contributed by atoms with Crippen LogP contribution >= 0.6 is 24.0 Å². The second-order valence-corrected chi connectivity index (χ2v) is 4.53. The molecule has 1 saturated heterocycles. The Morgan fingerprint density at radius 2 is 2.25 bits per heavy atom. The number of halogens is 1. The molecule has 0 radical (unpaired) electrons. The smallest absolute Gasteiger partial charge is 0.243 e. The first-order valence-electron chi connectivity index (χ1n) is 6.41. The van der Waals surface area contributed by atoms with E-state index in [4.69, 9.17) is 11.2 Å². The molecule has 1 aliphatic rings. The van der Waals surface area contributed by atoms with E-state index in [9.17, 15) is 4.79 Å². The van der Waals surface area contributed by atoms with E-state index in [0.29, 0.717) is 19.0 Å². The van der Waals surface area contributed by atoms with E-state index in [1.54, 1.807) is 14.1 Å². The summed E-state index contributed by atoms with van der Waals surface area (Å²) in [5.74, 6) is 2.97. The summed E-state index contributed by atoms with van der Waals surface area (Å²) >= 11 is 0. The monoisotopic (exact) mass is 394 g/mol. The molecule has 1 aliphatic heterocycles. The third kappa shape index (κ3) is 7.55. The highest BCUT2D eigenvalue weighted by molar-refractivity contribution is 14.0. The number of carbonyl (C=O) groups excluding carboxylic acids is 1. The normalized spacial score (nSPS) is 17.9. The SMILES string of the molecule is C#CCNC(=NCC(=O)N(C)C)NCC1CCCO1.I. The Bertz CT molecular complexity index is 360. The second kappa shape index (κ2) is 10.7. The Morgan fingerprint density at radius 3 is 2.80 bits per heavy atom. The van der Waals surface area contributed by atoms with E-state index in [0.717, 1.165) is 19.4 Å². The van der Waals surface area contributed by atoms with E-state index in [2.05, 4.69) is 21.5 Å². The van der Waals surface area contributed by atoms with Gasteiger partial charge in [-0.25, -0.2) is 4.99 Å². The van der Waals surface area contributed by atoms with Crippen LogP contribution in [0.1, 0.15) is 12.8 Å². The first-order valence-corrected chi connectivity index (χ1v) is 6.41. The number of likely N-dealkylation sites (N-methyl/N-ethyl adjacent to an activating group) is 1. The quantitative estimate of drug-likeness (QED) is 0.299. The lowest BCUT2D eigenvalue weighted by atomic mass is 10.2. The van der Waals surface area contributed by atoms with Gasteiger partial charge >= 0.3 is 0 Å². The number of carbonyl (C=O) groups is 1. The van der Waals surface area contributed by atoms with Crippen LogP contribution in [-0.2, 0) is 9.53 Å². The molecular formula is C13H23IN4O2. The molecule has 0 aromatic carbocycles. The van der Waals surface area contributed by atoms with Crippen molar-refractivity contribution in [3.8, 4) is 12.3 Å². The molecule has 0 spiro atoms. The maximum Gasteiger partial charge on any atom is 0.243 e. The summed E-state index contributed by atoms with van der Waals surface area (Å²) in [6.45, 7) is 1.95.